The zero-order valence-electron chi connectivity index (χ0n) is 23.7. The second-order valence-electron chi connectivity index (χ2n) is 10.0. The third kappa shape index (κ3) is 6.59. The van der Waals surface area contributed by atoms with Crippen LogP contribution in [0.15, 0.2) is 29.4 Å². The van der Waals surface area contributed by atoms with E-state index in [1.54, 1.807) is 31.2 Å². The van der Waals surface area contributed by atoms with E-state index in [4.69, 9.17) is 23.7 Å². The molecule has 11 nitrogen and oxygen atoms in total. The first-order chi connectivity index (χ1) is 19.6. The summed E-state index contributed by atoms with van der Waals surface area (Å²) in [6.07, 6.45) is 0.830. The van der Waals surface area contributed by atoms with Crippen molar-refractivity contribution in [3.05, 3.63) is 52.1 Å². The highest BCUT2D eigenvalue weighted by Gasteiger charge is 2.41. The van der Waals surface area contributed by atoms with Crippen LogP contribution >= 0.6 is 11.8 Å². The molecule has 0 saturated carbocycles. The molecule has 4 rings (SSSR count). The summed E-state index contributed by atoms with van der Waals surface area (Å²) in [5, 5.41) is 14.6. The molecule has 2 N–H and O–H groups in total. The number of hydrogen-bond donors (Lipinski definition) is 2. The van der Waals surface area contributed by atoms with E-state index in [-0.39, 0.29) is 31.0 Å². The van der Waals surface area contributed by atoms with Crippen molar-refractivity contribution >= 4 is 34.6 Å². The Morgan fingerprint density at radius 3 is 2.51 bits per heavy atom. The van der Waals surface area contributed by atoms with Gasteiger partial charge in [0.25, 0.3) is 5.24 Å². The molecule has 1 fully saturated rings. The lowest BCUT2D eigenvalue weighted by molar-refractivity contribution is -0.164. The van der Waals surface area contributed by atoms with Gasteiger partial charge >= 0.3 is 5.97 Å². The molecule has 0 aromatic heterocycles. The molecular formula is C29H34N2O9S. The van der Waals surface area contributed by atoms with Crippen LogP contribution in [0.25, 0.3) is 0 Å². The summed E-state index contributed by atoms with van der Waals surface area (Å²) in [5.74, 6) is 0.615. The Kier molecular flexibility index (Phi) is 9.44. The van der Waals surface area contributed by atoms with E-state index in [1.165, 1.54) is 7.11 Å². The molecule has 2 aromatic carbocycles. The number of hydrogen-bond acceptors (Lipinski definition) is 11. The zero-order chi connectivity index (χ0) is 29.7. The molecule has 2 aliphatic heterocycles. The van der Waals surface area contributed by atoms with Crippen molar-refractivity contribution in [2.24, 2.45) is 5.16 Å². The van der Waals surface area contributed by atoms with Crippen LogP contribution < -0.4 is 19.5 Å². The van der Waals surface area contributed by atoms with Crippen LogP contribution in [-0.2, 0) is 25.5 Å². The van der Waals surface area contributed by atoms with E-state index < -0.39 is 16.8 Å². The first-order valence-corrected chi connectivity index (χ1v) is 14.0. The van der Waals surface area contributed by atoms with Gasteiger partial charge in [0.2, 0.25) is 11.5 Å². The number of imide groups is 1. The number of thioether (sulfide) groups is 1. The van der Waals surface area contributed by atoms with E-state index in [2.05, 4.69) is 10.5 Å². The second-order valence-corrected chi connectivity index (χ2v) is 11.2. The lowest BCUT2D eigenvalue weighted by Crippen LogP contribution is -2.48. The number of nitrogens with one attached hydrogen (secondary N) is 1. The van der Waals surface area contributed by atoms with Crippen molar-refractivity contribution < 1.29 is 43.3 Å². The number of methoxy groups -OCH3 is 1. The largest absolute Gasteiger partial charge is 0.492 e. The molecule has 0 aliphatic carbocycles. The minimum atomic E-state index is -1.56. The van der Waals surface area contributed by atoms with Gasteiger partial charge in [0.15, 0.2) is 0 Å². The van der Waals surface area contributed by atoms with Gasteiger partial charge in [0.05, 0.1) is 24.2 Å². The summed E-state index contributed by atoms with van der Waals surface area (Å²) >= 11 is 0.975. The van der Waals surface area contributed by atoms with E-state index in [9.17, 15) is 19.6 Å². The van der Waals surface area contributed by atoms with Crippen LogP contribution in [0.2, 0.25) is 0 Å². The van der Waals surface area contributed by atoms with E-state index >= 15 is 0 Å². The van der Waals surface area contributed by atoms with E-state index in [1.807, 2.05) is 20.8 Å². The van der Waals surface area contributed by atoms with Crippen molar-refractivity contribution in [2.45, 2.75) is 51.4 Å². The highest BCUT2D eigenvalue weighted by atomic mass is 32.2. The van der Waals surface area contributed by atoms with Crippen molar-refractivity contribution in [2.75, 3.05) is 33.5 Å². The molecule has 2 aromatic rings. The molecule has 220 valence electrons. The molecule has 0 bridgehead atoms. The highest BCUT2D eigenvalue weighted by Crippen LogP contribution is 2.42. The molecule has 0 radical (unpaired) electrons. The molecule has 2 heterocycles. The summed E-state index contributed by atoms with van der Waals surface area (Å²) in [7, 11) is 1.51. The second kappa shape index (κ2) is 12.8. The third-order valence-corrected chi connectivity index (χ3v) is 8.07. The van der Waals surface area contributed by atoms with Gasteiger partial charge in [0.1, 0.15) is 30.5 Å². The van der Waals surface area contributed by atoms with Crippen molar-refractivity contribution in [3.8, 4) is 17.2 Å². The van der Waals surface area contributed by atoms with Crippen LogP contribution in [0.5, 0.6) is 17.2 Å². The number of carbonyl (C=O) groups is 3. The molecule has 2 amide bonds. The Balaban J connectivity index is 1.57. The average molecular weight is 587 g/mol. The Morgan fingerprint density at radius 2 is 1.88 bits per heavy atom. The van der Waals surface area contributed by atoms with Crippen LogP contribution in [-0.4, -0.2) is 72.4 Å². The van der Waals surface area contributed by atoms with Gasteiger partial charge in [-0.1, -0.05) is 29.1 Å². The van der Waals surface area contributed by atoms with Crippen LogP contribution in [0.1, 0.15) is 41.2 Å². The minimum absolute atomic E-state index is 0.0363. The number of carbonyl (C=O) groups excluding carboxylic acids is 3. The SMILES string of the molecule is COCCOC(=O)C(C)(COc1ccc(CC2SC(=O)NC2=O)cc1)Oc1c(C)c(C)c2c(c1C)C(=NO)CCO2. The van der Waals surface area contributed by atoms with E-state index in [0.717, 1.165) is 28.5 Å². The Bertz CT molecular complexity index is 1360. The lowest BCUT2D eigenvalue weighted by atomic mass is 9.91. The summed E-state index contributed by atoms with van der Waals surface area (Å²) in [6.45, 7) is 7.65. The molecule has 12 heteroatoms. The number of oxime groups is 1. The topological polar surface area (TPSA) is 142 Å². The summed E-state index contributed by atoms with van der Waals surface area (Å²) in [5.41, 5.74) is 2.67. The number of nitrogens with zero attached hydrogens (tertiary/aromatic N) is 1. The Morgan fingerprint density at radius 1 is 1.15 bits per heavy atom. The maximum atomic E-state index is 13.3. The Hall–Kier alpha value is -3.77. The quantitative estimate of drug-likeness (QED) is 0.172. The smallest absolute Gasteiger partial charge is 0.353 e. The molecular weight excluding hydrogens is 552 g/mol. The maximum Gasteiger partial charge on any atom is 0.353 e. The number of esters is 1. The molecule has 2 atom stereocenters. The third-order valence-electron chi connectivity index (χ3n) is 7.09. The van der Waals surface area contributed by atoms with Crippen LogP contribution in [0.4, 0.5) is 4.79 Å². The number of rotatable bonds is 11. The van der Waals surface area contributed by atoms with Gasteiger partial charge in [-0.25, -0.2) is 4.79 Å². The maximum absolute atomic E-state index is 13.3. The highest BCUT2D eigenvalue weighted by molar-refractivity contribution is 8.15. The van der Waals surface area contributed by atoms with Gasteiger partial charge < -0.3 is 28.9 Å². The number of ether oxygens (including phenoxy) is 5. The van der Waals surface area contributed by atoms with Crippen molar-refractivity contribution in [1.82, 2.24) is 5.32 Å². The fourth-order valence-electron chi connectivity index (χ4n) is 4.66. The van der Waals surface area contributed by atoms with Crippen molar-refractivity contribution in [1.29, 1.82) is 0 Å². The van der Waals surface area contributed by atoms with Gasteiger partial charge in [-0.2, -0.15) is 0 Å². The first kappa shape index (κ1) is 30.2. The van der Waals surface area contributed by atoms with Gasteiger partial charge in [-0.05, 0) is 62.9 Å². The molecule has 0 spiro atoms. The van der Waals surface area contributed by atoms with Gasteiger partial charge in [-0.3, -0.25) is 14.9 Å². The minimum Gasteiger partial charge on any atom is -0.492 e. The van der Waals surface area contributed by atoms with Gasteiger partial charge in [-0.15, -0.1) is 0 Å². The molecule has 41 heavy (non-hydrogen) atoms. The van der Waals surface area contributed by atoms with Crippen molar-refractivity contribution in [3.63, 3.8) is 0 Å². The van der Waals surface area contributed by atoms with Gasteiger partial charge in [0, 0.05) is 24.7 Å². The summed E-state index contributed by atoms with van der Waals surface area (Å²) < 4.78 is 28.8. The predicted molar refractivity (Wildman–Crippen MR) is 152 cm³/mol. The van der Waals surface area contributed by atoms with Crippen LogP contribution in [0.3, 0.4) is 0 Å². The average Bonchev–Trinajstić information content (AvgIpc) is 3.29. The molecule has 2 unspecified atom stereocenters. The lowest BCUT2D eigenvalue weighted by Gasteiger charge is -2.32. The monoisotopic (exact) mass is 586 g/mol. The molecule has 1 saturated heterocycles. The molecule has 2 aliphatic rings. The van der Waals surface area contributed by atoms with E-state index in [0.29, 0.717) is 53.5 Å². The summed E-state index contributed by atoms with van der Waals surface area (Å²) in [4.78, 5) is 36.7. The number of amides is 2. The van der Waals surface area contributed by atoms with Crippen LogP contribution in [0, 0.1) is 20.8 Å². The fraction of sp³-hybridized carbons (Fsp3) is 0.448. The number of fused-ring (bicyclic) bond motifs is 1. The Labute approximate surface area is 242 Å². The number of benzene rings is 2. The normalized spacial score (nSPS) is 18.8. The standard InChI is InChI=1S/C29H34N2O9S/c1-16-17(2)25-23(21(31-35)10-11-37-25)18(3)24(16)40-29(4,27(33)38-13-12-36-5)15-39-20-8-6-19(7-9-20)14-22-26(32)30-28(34)41-22/h6-9,22,35H,10-15H2,1-5H3,(H,30,32,34). The first-order valence-electron chi connectivity index (χ1n) is 13.1. The summed E-state index contributed by atoms with van der Waals surface area (Å²) in [6, 6.07) is 7.06. The fourth-order valence-corrected chi connectivity index (χ4v) is 5.52. The zero-order valence-corrected chi connectivity index (χ0v) is 24.5. The predicted octanol–water partition coefficient (Wildman–Crippen LogP) is 3.87.